The quantitative estimate of drug-likeness (QED) is 0.324. The highest BCUT2D eigenvalue weighted by molar-refractivity contribution is 6.21. The average molecular weight is 289 g/mol. The standard InChI is InChI=1S/C17H23NO3/c1-5-6-7-8-9-17(20)21-18-15-11-14(12(2)3)16(19)10-13(15)4/h6-7,10-12H,5,8-9H2,1-4H3. The fourth-order valence-electron chi connectivity index (χ4n) is 1.87. The molecule has 0 saturated heterocycles. The van der Waals surface area contributed by atoms with Crippen LogP contribution in [0.3, 0.4) is 0 Å². The van der Waals surface area contributed by atoms with Crippen molar-refractivity contribution >= 4 is 17.5 Å². The van der Waals surface area contributed by atoms with Crippen LogP contribution in [0.4, 0.5) is 0 Å². The highest BCUT2D eigenvalue weighted by Gasteiger charge is 2.19. The van der Waals surface area contributed by atoms with Crippen LogP contribution in [0, 0.1) is 5.92 Å². The maximum Gasteiger partial charge on any atom is 0.335 e. The van der Waals surface area contributed by atoms with Crippen LogP contribution >= 0.6 is 0 Å². The van der Waals surface area contributed by atoms with Gasteiger partial charge in [0.15, 0.2) is 5.78 Å². The number of hydrogen-bond donors (Lipinski definition) is 0. The van der Waals surface area contributed by atoms with Crippen molar-refractivity contribution in [2.45, 2.75) is 47.0 Å². The summed E-state index contributed by atoms with van der Waals surface area (Å²) < 4.78 is 0. The number of carbonyl (C=O) groups is 2. The van der Waals surface area contributed by atoms with E-state index in [1.807, 2.05) is 32.9 Å². The summed E-state index contributed by atoms with van der Waals surface area (Å²) in [6.45, 7) is 7.71. The van der Waals surface area contributed by atoms with Crippen molar-refractivity contribution in [1.29, 1.82) is 0 Å². The zero-order valence-corrected chi connectivity index (χ0v) is 13.2. The molecule has 0 aromatic rings. The average Bonchev–Trinajstić information content (AvgIpc) is 2.42. The van der Waals surface area contributed by atoms with Crippen molar-refractivity contribution in [2.24, 2.45) is 11.1 Å². The van der Waals surface area contributed by atoms with Gasteiger partial charge in [0.2, 0.25) is 0 Å². The van der Waals surface area contributed by atoms with E-state index in [0.717, 1.165) is 6.42 Å². The first-order chi connectivity index (χ1) is 9.95. The second-order valence-electron chi connectivity index (χ2n) is 5.30. The monoisotopic (exact) mass is 289 g/mol. The molecule has 0 amide bonds. The van der Waals surface area contributed by atoms with Crippen LogP contribution in [0.25, 0.3) is 0 Å². The SMILES string of the molecule is CCC=CCCC(=O)ON=C1C=C(C(C)C)C(=O)C=C1C. The molecule has 0 atom stereocenters. The van der Waals surface area contributed by atoms with Crippen molar-refractivity contribution in [3.63, 3.8) is 0 Å². The molecule has 0 radical (unpaired) electrons. The Bertz CT molecular complexity index is 522. The van der Waals surface area contributed by atoms with Crippen LogP contribution in [0.15, 0.2) is 40.6 Å². The zero-order chi connectivity index (χ0) is 15.8. The molecule has 0 N–H and O–H groups in total. The summed E-state index contributed by atoms with van der Waals surface area (Å²) in [6.07, 6.45) is 9.11. The molecule has 4 heteroatoms. The largest absolute Gasteiger partial charge is 0.335 e. The van der Waals surface area contributed by atoms with E-state index in [1.165, 1.54) is 6.08 Å². The third-order valence-electron chi connectivity index (χ3n) is 3.11. The molecule has 4 nitrogen and oxygen atoms in total. The number of hydrogen-bond acceptors (Lipinski definition) is 4. The van der Waals surface area contributed by atoms with Crippen LogP contribution in [0.1, 0.15) is 47.0 Å². The van der Waals surface area contributed by atoms with E-state index in [-0.39, 0.29) is 17.7 Å². The van der Waals surface area contributed by atoms with E-state index in [9.17, 15) is 9.59 Å². The first-order valence-corrected chi connectivity index (χ1v) is 7.33. The van der Waals surface area contributed by atoms with Gasteiger partial charge in [0.05, 0.1) is 6.42 Å². The Kier molecular flexibility index (Phi) is 6.79. The number of rotatable bonds is 6. The summed E-state index contributed by atoms with van der Waals surface area (Å²) in [7, 11) is 0. The summed E-state index contributed by atoms with van der Waals surface area (Å²) in [6, 6.07) is 0. The number of nitrogens with zero attached hydrogens (tertiary/aromatic N) is 1. The Labute approximate surface area is 126 Å². The second kappa shape index (κ2) is 8.35. The van der Waals surface area contributed by atoms with Gasteiger partial charge in [0.25, 0.3) is 0 Å². The van der Waals surface area contributed by atoms with Crippen molar-refractivity contribution in [3.8, 4) is 0 Å². The van der Waals surface area contributed by atoms with E-state index in [2.05, 4.69) is 5.16 Å². The van der Waals surface area contributed by atoms with Gasteiger partial charge < -0.3 is 4.84 Å². The van der Waals surface area contributed by atoms with Gasteiger partial charge in [0.1, 0.15) is 5.71 Å². The van der Waals surface area contributed by atoms with Crippen molar-refractivity contribution in [1.82, 2.24) is 0 Å². The van der Waals surface area contributed by atoms with Crippen LogP contribution in [0.2, 0.25) is 0 Å². The minimum Gasteiger partial charge on any atom is -0.318 e. The molecule has 0 aromatic heterocycles. The van der Waals surface area contributed by atoms with Gasteiger partial charge in [-0.25, -0.2) is 4.79 Å². The first kappa shape index (κ1) is 17.1. The van der Waals surface area contributed by atoms with E-state index in [0.29, 0.717) is 29.7 Å². The molecule has 21 heavy (non-hydrogen) atoms. The topological polar surface area (TPSA) is 55.7 Å². The molecule has 1 rings (SSSR count). The van der Waals surface area contributed by atoms with Gasteiger partial charge in [-0.2, -0.15) is 0 Å². The fraction of sp³-hybridized carbons (Fsp3) is 0.471. The minimum absolute atomic E-state index is 0.00233. The zero-order valence-electron chi connectivity index (χ0n) is 13.2. The predicted octanol–water partition coefficient (Wildman–Crippen LogP) is 3.74. The molecule has 0 saturated carbocycles. The molecule has 1 aliphatic carbocycles. The molecule has 0 spiro atoms. The minimum atomic E-state index is -0.368. The molecule has 0 aromatic carbocycles. The predicted molar refractivity (Wildman–Crippen MR) is 83.9 cm³/mol. The molecular formula is C17H23NO3. The molecular weight excluding hydrogens is 266 g/mol. The maximum absolute atomic E-state index is 11.8. The Morgan fingerprint density at radius 3 is 2.67 bits per heavy atom. The van der Waals surface area contributed by atoms with Crippen molar-refractivity contribution in [3.05, 3.63) is 35.5 Å². The molecule has 0 bridgehead atoms. The molecule has 0 unspecified atom stereocenters. The Morgan fingerprint density at radius 2 is 2.05 bits per heavy atom. The van der Waals surface area contributed by atoms with Gasteiger partial charge in [-0.1, -0.05) is 38.1 Å². The van der Waals surface area contributed by atoms with E-state index < -0.39 is 0 Å². The van der Waals surface area contributed by atoms with Crippen LogP contribution in [0.5, 0.6) is 0 Å². The second-order valence-corrected chi connectivity index (χ2v) is 5.30. The lowest BCUT2D eigenvalue weighted by atomic mass is 9.90. The number of carbonyl (C=O) groups excluding carboxylic acids is 2. The maximum atomic E-state index is 11.8. The smallest absolute Gasteiger partial charge is 0.318 e. The van der Waals surface area contributed by atoms with Crippen molar-refractivity contribution in [2.75, 3.05) is 0 Å². The summed E-state index contributed by atoms with van der Waals surface area (Å²) in [5, 5.41) is 3.88. The van der Waals surface area contributed by atoms with Gasteiger partial charge in [-0.15, -0.1) is 0 Å². The summed E-state index contributed by atoms with van der Waals surface area (Å²) in [5.41, 5.74) is 1.93. The Balaban J connectivity index is 2.66. The lowest BCUT2D eigenvalue weighted by Gasteiger charge is -2.14. The third kappa shape index (κ3) is 5.50. The number of allylic oxidation sites excluding steroid dienone is 6. The highest BCUT2D eigenvalue weighted by Crippen LogP contribution is 2.19. The molecule has 0 fully saturated rings. The molecule has 0 aliphatic heterocycles. The summed E-state index contributed by atoms with van der Waals surface area (Å²) in [5.74, 6) is -0.258. The summed E-state index contributed by atoms with van der Waals surface area (Å²) in [4.78, 5) is 28.3. The van der Waals surface area contributed by atoms with Crippen LogP contribution < -0.4 is 0 Å². The molecule has 1 aliphatic rings. The van der Waals surface area contributed by atoms with Crippen LogP contribution in [-0.4, -0.2) is 17.5 Å². The normalized spacial score (nSPS) is 17.4. The molecule has 0 heterocycles. The Morgan fingerprint density at radius 1 is 1.33 bits per heavy atom. The van der Waals surface area contributed by atoms with Gasteiger partial charge >= 0.3 is 5.97 Å². The first-order valence-electron chi connectivity index (χ1n) is 7.33. The molecule has 114 valence electrons. The van der Waals surface area contributed by atoms with E-state index in [4.69, 9.17) is 4.84 Å². The van der Waals surface area contributed by atoms with E-state index >= 15 is 0 Å². The Hall–Kier alpha value is -1.97. The lowest BCUT2D eigenvalue weighted by Crippen LogP contribution is -2.16. The van der Waals surface area contributed by atoms with Gasteiger partial charge in [-0.3, -0.25) is 4.79 Å². The van der Waals surface area contributed by atoms with Crippen LogP contribution in [-0.2, 0) is 14.4 Å². The van der Waals surface area contributed by atoms with Gasteiger partial charge in [-0.05, 0) is 43.4 Å². The van der Waals surface area contributed by atoms with Crippen molar-refractivity contribution < 1.29 is 14.4 Å². The third-order valence-corrected chi connectivity index (χ3v) is 3.11. The van der Waals surface area contributed by atoms with E-state index in [1.54, 1.807) is 13.0 Å². The summed E-state index contributed by atoms with van der Waals surface area (Å²) >= 11 is 0. The number of ketones is 1. The number of oxime groups is 1. The lowest BCUT2D eigenvalue weighted by molar-refractivity contribution is -0.143. The fourth-order valence-corrected chi connectivity index (χ4v) is 1.87. The van der Waals surface area contributed by atoms with Gasteiger partial charge in [0, 0.05) is 5.57 Å². The highest BCUT2D eigenvalue weighted by atomic mass is 16.7.